The molecule has 2 aromatic carbocycles. The van der Waals surface area contributed by atoms with E-state index in [2.05, 4.69) is 25.1 Å². The highest BCUT2D eigenvalue weighted by Crippen LogP contribution is 2.23. The quantitative estimate of drug-likeness (QED) is 0.720. The van der Waals surface area contributed by atoms with Crippen molar-refractivity contribution < 1.29 is 4.74 Å². The number of para-hydroxylation sites is 1. The molecule has 0 radical (unpaired) electrons. The zero-order valence-corrected chi connectivity index (χ0v) is 10.2. The van der Waals surface area contributed by atoms with Gasteiger partial charge < -0.3 is 4.74 Å². The molecule has 0 fully saturated rings. The summed E-state index contributed by atoms with van der Waals surface area (Å²) in [4.78, 5) is 0. The van der Waals surface area contributed by atoms with Crippen LogP contribution in [-0.4, -0.2) is 0 Å². The second kappa shape index (κ2) is 5.35. The van der Waals surface area contributed by atoms with Gasteiger partial charge in [-0.05, 0) is 49.2 Å². The molecule has 17 heavy (non-hydrogen) atoms. The predicted molar refractivity (Wildman–Crippen MR) is 72.3 cm³/mol. The molecule has 0 saturated carbocycles. The molecule has 0 spiro atoms. The van der Waals surface area contributed by atoms with Gasteiger partial charge in [-0.25, -0.2) is 0 Å². The van der Waals surface area contributed by atoms with Crippen LogP contribution in [0.15, 0.2) is 60.7 Å². The molecule has 0 aliphatic carbocycles. The van der Waals surface area contributed by atoms with Crippen molar-refractivity contribution in [3.05, 3.63) is 66.2 Å². The third-order valence-corrected chi connectivity index (χ3v) is 2.72. The van der Waals surface area contributed by atoms with E-state index in [4.69, 9.17) is 4.74 Å². The SMILES string of the molecule is CC=C(C)c1ccc(Oc2ccccc2)cc1. The van der Waals surface area contributed by atoms with Crippen LogP contribution in [0.4, 0.5) is 0 Å². The highest BCUT2D eigenvalue weighted by Gasteiger charge is 1.98. The predicted octanol–water partition coefficient (Wildman–Crippen LogP) is 4.90. The Morgan fingerprint density at radius 2 is 1.47 bits per heavy atom. The first-order valence-corrected chi connectivity index (χ1v) is 5.76. The Morgan fingerprint density at radius 1 is 0.882 bits per heavy atom. The van der Waals surface area contributed by atoms with Gasteiger partial charge in [-0.3, -0.25) is 0 Å². The summed E-state index contributed by atoms with van der Waals surface area (Å²) in [7, 11) is 0. The fourth-order valence-corrected chi connectivity index (χ4v) is 1.58. The average molecular weight is 224 g/mol. The lowest BCUT2D eigenvalue weighted by atomic mass is 10.1. The number of ether oxygens (including phenoxy) is 1. The fourth-order valence-electron chi connectivity index (χ4n) is 1.58. The Hall–Kier alpha value is -2.02. The van der Waals surface area contributed by atoms with Crippen LogP contribution in [0.3, 0.4) is 0 Å². The van der Waals surface area contributed by atoms with Gasteiger partial charge in [0.2, 0.25) is 0 Å². The van der Waals surface area contributed by atoms with Gasteiger partial charge in [-0.15, -0.1) is 0 Å². The zero-order valence-electron chi connectivity index (χ0n) is 10.2. The van der Waals surface area contributed by atoms with Gasteiger partial charge in [0, 0.05) is 0 Å². The van der Waals surface area contributed by atoms with Crippen LogP contribution >= 0.6 is 0 Å². The van der Waals surface area contributed by atoms with Crippen molar-refractivity contribution in [1.82, 2.24) is 0 Å². The Morgan fingerprint density at radius 3 is 2.06 bits per heavy atom. The summed E-state index contributed by atoms with van der Waals surface area (Å²) >= 11 is 0. The molecule has 0 amide bonds. The van der Waals surface area contributed by atoms with Crippen LogP contribution in [-0.2, 0) is 0 Å². The molecule has 0 heterocycles. The molecule has 2 rings (SSSR count). The summed E-state index contributed by atoms with van der Waals surface area (Å²) in [6.07, 6.45) is 2.10. The minimum Gasteiger partial charge on any atom is -0.457 e. The van der Waals surface area contributed by atoms with Crippen LogP contribution in [0.25, 0.3) is 5.57 Å². The highest BCUT2D eigenvalue weighted by atomic mass is 16.5. The first-order chi connectivity index (χ1) is 8.29. The van der Waals surface area contributed by atoms with Crippen molar-refractivity contribution in [3.8, 4) is 11.5 Å². The van der Waals surface area contributed by atoms with Crippen molar-refractivity contribution >= 4 is 5.57 Å². The van der Waals surface area contributed by atoms with Gasteiger partial charge in [0.15, 0.2) is 0 Å². The molecule has 0 unspecified atom stereocenters. The van der Waals surface area contributed by atoms with E-state index in [0.717, 1.165) is 11.5 Å². The maximum atomic E-state index is 5.73. The maximum absolute atomic E-state index is 5.73. The largest absolute Gasteiger partial charge is 0.457 e. The molecule has 2 aromatic rings. The van der Waals surface area contributed by atoms with Crippen molar-refractivity contribution in [3.63, 3.8) is 0 Å². The Balaban J connectivity index is 2.14. The van der Waals surface area contributed by atoms with Crippen LogP contribution in [0.5, 0.6) is 11.5 Å². The second-order valence-corrected chi connectivity index (χ2v) is 3.91. The van der Waals surface area contributed by atoms with Gasteiger partial charge in [0.25, 0.3) is 0 Å². The minimum atomic E-state index is 0.864. The van der Waals surface area contributed by atoms with E-state index in [1.165, 1.54) is 11.1 Å². The van der Waals surface area contributed by atoms with Gasteiger partial charge in [0.1, 0.15) is 11.5 Å². The van der Waals surface area contributed by atoms with Crippen molar-refractivity contribution in [2.24, 2.45) is 0 Å². The van der Waals surface area contributed by atoms with E-state index in [-0.39, 0.29) is 0 Å². The molecule has 0 N–H and O–H groups in total. The molecule has 0 aliphatic rings. The summed E-state index contributed by atoms with van der Waals surface area (Å²) < 4.78 is 5.73. The Kier molecular flexibility index (Phi) is 3.61. The van der Waals surface area contributed by atoms with Gasteiger partial charge in [-0.2, -0.15) is 0 Å². The van der Waals surface area contributed by atoms with Crippen molar-refractivity contribution in [2.45, 2.75) is 13.8 Å². The molecule has 0 aliphatic heterocycles. The smallest absolute Gasteiger partial charge is 0.127 e. The molecule has 0 aromatic heterocycles. The first-order valence-electron chi connectivity index (χ1n) is 5.76. The normalized spacial score (nSPS) is 11.3. The van der Waals surface area contributed by atoms with Crippen LogP contribution < -0.4 is 4.74 Å². The van der Waals surface area contributed by atoms with Crippen LogP contribution in [0.1, 0.15) is 19.4 Å². The lowest BCUT2D eigenvalue weighted by Crippen LogP contribution is -1.84. The lowest BCUT2D eigenvalue weighted by molar-refractivity contribution is 0.482. The zero-order chi connectivity index (χ0) is 12.1. The molecule has 86 valence electrons. The topological polar surface area (TPSA) is 9.23 Å². The summed E-state index contributed by atoms with van der Waals surface area (Å²) in [6.45, 7) is 4.15. The van der Waals surface area contributed by atoms with Gasteiger partial charge in [0.05, 0.1) is 0 Å². The number of benzene rings is 2. The summed E-state index contributed by atoms with van der Waals surface area (Å²) in [5.74, 6) is 1.73. The number of hydrogen-bond acceptors (Lipinski definition) is 1. The summed E-state index contributed by atoms with van der Waals surface area (Å²) in [5, 5.41) is 0. The van der Waals surface area contributed by atoms with Crippen LogP contribution in [0.2, 0.25) is 0 Å². The summed E-state index contributed by atoms with van der Waals surface area (Å²) in [6, 6.07) is 18.0. The molecule has 0 bridgehead atoms. The molecular weight excluding hydrogens is 208 g/mol. The number of hydrogen-bond donors (Lipinski definition) is 0. The van der Waals surface area contributed by atoms with E-state index in [9.17, 15) is 0 Å². The van der Waals surface area contributed by atoms with E-state index >= 15 is 0 Å². The van der Waals surface area contributed by atoms with E-state index in [1.807, 2.05) is 49.4 Å². The highest BCUT2D eigenvalue weighted by molar-refractivity contribution is 5.63. The third-order valence-electron chi connectivity index (χ3n) is 2.72. The molecule has 0 saturated heterocycles. The average Bonchev–Trinajstić information content (AvgIpc) is 2.40. The summed E-state index contributed by atoms with van der Waals surface area (Å²) in [5.41, 5.74) is 2.50. The monoisotopic (exact) mass is 224 g/mol. The Labute approximate surface area is 102 Å². The molecule has 1 nitrogen and oxygen atoms in total. The van der Waals surface area contributed by atoms with Crippen molar-refractivity contribution in [2.75, 3.05) is 0 Å². The molecule has 0 atom stereocenters. The van der Waals surface area contributed by atoms with Gasteiger partial charge in [-0.1, -0.05) is 36.4 Å². The number of allylic oxidation sites excluding steroid dienone is 2. The lowest BCUT2D eigenvalue weighted by Gasteiger charge is -2.06. The maximum Gasteiger partial charge on any atom is 0.127 e. The van der Waals surface area contributed by atoms with E-state index in [1.54, 1.807) is 0 Å². The standard InChI is InChI=1S/C16H16O/c1-3-13(2)14-9-11-16(12-10-14)17-15-7-5-4-6-8-15/h3-12H,1-2H3. The van der Waals surface area contributed by atoms with E-state index < -0.39 is 0 Å². The Bertz CT molecular complexity index is 495. The first kappa shape index (κ1) is 11.5. The number of rotatable bonds is 3. The van der Waals surface area contributed by atoms with E-state index in [0.29, 0.717) is 0 Å². The van der Waals surface area contributed by atoms with Gasteiger partial charge >= 0.3 is 0 Å². The van der Waals surface area contributed by atoms with Crippen molar-refractivity contribution in [1.29, 1.82) is 0 Å². The second-order valence-electron chi connectivity index (χ2n) is 3.91. The fraction of sp³-hybridized carbons (Fsp3) is 0.125. The van der Waals surface area contributed by atoms with Crippen LogP contribution in [0, 0.1) is 0 Å². The molecular formula is C16H16O. The minimum absolute atomic E-state index is 0.864. The third kappa shape index (κ3) is 2.97. The molecule has 1 heteroatoms.